The number of hydrogen-bond donors (Lipinski definition) is 0. The minimum atomic E-state index is -0.428. The predicted molar refractivity (Wildman–Crippen MR) is 41.1 cm³/mol. The summed E-state index contributed by atoms with van der Waals surface area (Å²) in [5.41, 5.74) is 0. The fraction of sp³-hybridized carbons (Fsp3) is 0.750. The molecule has 72 valence electrons. The summed E-state index contributed by atoms with van der Waals surface area (Å²) in [6.45, 7) is 0. The molecule has 3 saturated heterocycles. The molecular weight excluding hydrogens is 188 g/mol. The molecule has 0 unspecified atom stereocenters. The number of isocyanates is 2. The minimum absolute atomic E-state index is 0.0280. The standard InChI is InChI=1S/C8H6N2O4/c11-1-9-3-4(10-2-12)6-8-7(14-8)5(3)13-6/h3-8H/t3-,4-,5-,6+,7-,8+/m0/s1. The van der Waals surface area contributed by atoms with E-state index in [0.717, 1.165) is 0 Å². The Bertz CT molecular complexity index is 338. The van der Waals surface area contributed by atoms with Gasteiger partial charge in [-0.15, -0.1) is 0 Å². The van der Waals surface area contributed by atoms with Gasteiger partial charge < -0.3 is 9.47 Å². The molecule has 0 spiro atoms. The minimum Gasteiger partial charge on any atom is -0.365 e. The first-order chi connectivity index (χ1) is 6.86. The van der Waals surface area contributed by atoms with Crippen molar-refractivity contribution >= 4 is 12.2 Å². The average Bonchev–Trinajstić information content (AvgIpc) is 2.82. The van der Waals surface area contributed by atoms with Crippen molar-refractivity contribution in [2.24, 2.45) is 9.98 Å². The largest absolute Gasteiger partial charge is 0.365 e. The summed E-state index contributed by atoms with van der Waals surface area (Å²) in [4.78, 5) is 27.6. The van der Waals surface area contributed by atoms with Gasteiger partial charge in [0.25, 0.3) is 0 Å². The molecule has 0 aromatic carbocycles. The molecule has 0 N–H and O–H groups in total. The Kier molecular flexibility index (Phi) is 1.48. The van der Waals surface area contributed by atoms with Gasteiger partial charge >= 0.3 is 0 Å². The van der Waals surface area contributed by atoms with Crippen LogP contribution in [0.15, 0.2) is 9.98 Å². The molecule has 0 amide bonds. The van der Waals surface area contributed by atoms with Crippen LogP contribution in [0, 0.1) is 0 Å². The molecule has 2 bridgehead atoms. The molecule has 0 radical (unpaired) electrons. The molecule has 6 nitrogen and oxygen atoms in total. The van der Waals surface area contributed by atoms with Crippen molar-refractivity contribution in [3.8, 4) is 0 Å². The molecule has 0 aromatic heterocycles. The highest BCUT2D eigenvalue weighted by Crippen LogP contribution is 2.50. The van der Waals surface area contributed by atoms with Gasteiger partial charge in [-0.1, -0.05) is 0 Å². The summed E-state index contributed by atoms with van der Waals surface area (Å²) >= 11 is 0. The van der Waals surface area contributed by atoms with Crippen molar-refractivity contribution in [1.82, 2.24) is 0 Å². The first-order valence-corrected chi connectivity index (χ1v) is 4.31. The number of hydrogen-bond acceptors (Lipinski definition) is 6. The molecule has 3 aliphatic heterocycles. The zero-order valence-electron chi connectivity index (χ0n) is 6.99. The highest BCUT2D eigenvalue weighted by molar-refractivity contribution is 5.39. The summed E-state index contributed by atoms with van der Waals surface area (Å²) in [5.74, 6) is 0. The zero-order chi connectivity index (χ0) is 9.71. The van der Waals surface area contributed by atoms with E-state index in [0.29, 0.717) is 0 Å². The quantitative estimate of drug-likeness (QED) is 0.319. The second-order valence-corrected chi connectivity index (χ2v) is 3.55. The predicted octanol–water partition coefficient (Wildman–Crippen LogP) is -1.06. The van der Waals surface area contributed by atoms with Crippen LogP contribution in [0.5, 0.6) is 0 Å². The molecule has 14 heavy (non-hydrogen) atoms. The molecule has 6 atom stereocenters. The molecule has 3 heterocycles. The van der Waals surface area contributed by atoms with Crippen LogP contribution in [0.25, 0.3) is 0 Å². The number of carbonyl (C=O) groups excluding carboxylic acids is 2. The molecular formula is C8H6N2O4. The molecule has 0 saturated carbocycles. The highest BCUT2D eigenvalue weighted by Gasteiger charge is 2.70. The number of aliphatic imine (C=N–C) groups is 2. The molecule has 3 rings (SSSR count). The van der Waals surface area contributed by atoms with Crippen molar-refractivity contribution in [2.75, 3.05) is 0 Å². The smallest absolute Gasteiger partial charge is 0.235 e. The summed E-state index contributed by atoms with van der Waals surface area (Å²) in [6, 6.07) is -0.856. The van der Waals surface area contributed by atoms with Crippen molar-refractivity contribution in [2.45, 2.75) is 36.5 Å². The molecule has 0 aromatic rings. The normalized spacial score (nSPS) is 51.7. The lowest BCUT2D eigenvalue weighted by molar-refractivity contribution is 0.0159. The van der Waals surface area contributed by atoms with Crippen LogP contribution in [-0.4, -0.2) is 48.7 Å². The number of epoxide rings is 1. The maximum absolute atomic E-state index is 10.2. The Balaban J connectivity index is 1.94. The van der Waals surface area contributed by atoms with Crippen molar-refractivity contribution in [3.63, 3.8) is 0 Å². The van der Waals surface area contributed by atoms with Crippen LogP contribution >= 0.6 is 0 Å². The van der Waals surface area contributed by atoms with E-state index in [9.17, 15) is 9.59 Å². The second-order valence-electron chi connectivity index (χ2n) is 3.55. The van der Waals surface area contributed by atoms with E-state index in [4.69, 9.17) is 9.47 Å². The first kappa shape index (κ1) is 8.03. The van der Waals surface area contributed by atoms with E-state index >= 15 is 0 Å². The van der Waals surface area contributed by atoms with E-state index in [1.165, 1.54) is 12.2 Å². The van der Waals surface area contributed by atoms with Gasteiger partial charge in [0.2, 0.25) is 12.2 Å². The van der Waals surface area contributed by atoms with E-state index in [1.54, 1.807) is 0 Å². The van der Waals surface area contributed by atoms with Crippen molar-refractivity contribution in [1.29, 1.82) is 0 Å². The van der Waals surface area contributed by atoms with Gasteiger partial charge in [0.15, 0.2) is 0 Å². The summed E-state index contributed by atoms with van der Waals surface area (Å²) in [5, 5.41) is 0. The molecule has 3 fully saturated rings. The van der Waals surface area contributed by atoms with E-state index < -0.39 is 12.1 Å². The van der Waals surface area contributed by atoms with Gasteiger partial charge in [0.05, 0.1) is 0 Å². The third kappa shape index (κ3) is 0.832. The van der Waals surface area contributed by atoms with Gasteiger partial charge in [-0.25, -0.2) is 9.59 Å². The lowest BCUT2D eigenvalue weighted by atomic mass is 9.91. The van der Waals surface area contributed by atoms with E-state index in [1.807, 2.05) is 0 Å². The Morgan fingerprint density at radius 1 is 0.786 bits per heavy atom. The number of fused-ring (bicyclic) bond motifs is 5. The van der Waals surface area contributed by atoms with Crippen LogP contribution in [0.1, 0.15) is 0 Å². The van der Waals surface area contributed by atoms with Gasteiger partial charge in [-0.3, -0.25) is 0 Å². The lowest BCUT2D eigenvalue weighted by Gasteiger charge is -2.15. The van der Waals surface area contributed by atoms with Crippen LogP contribution in [0.4, 0.5) is 0 Å². The van der Waals surface area contributed by atoms with Crippen molar-refractivity contribution < 1.29 is 19.1 Å². The van der Waals surface area contributed by atoms with Crippen molar-refractivity contribution in [3.05, 3.63) is 0 Å². The maximum Gasteiger partial charge on any atom is 0.235 e. The Morgan fingerprint density at radius 3 is 1.64 bits per heavy atom. The molecule has 3 aliphatic rings. The number of nitrogens with zero attached hydrogens (tertiary/aromatic N) is 2. The summed E-state index contributed by atoms with van der Waals surface area (Å²) in [6.07, 6.45) is 2.51. The SMILES string of the molecule is O=C=N[C@H]1[C@H](N=C=O)[C@@H]2O[C@H]1[C@H]1O[C@H]12. The van der Waals surface area contributed by atoms with Gasteiger partial charge in [0, 0.05) is 0 Å². The second kappa shape index (κ2) is 2.59. The number of ether oxygens (including phenoxy) is 2. The fourth-order valence-corrected chi connectivity index (χ4v) is 2.36. The first-order valence-electron chi connectivity index (χ1n) is 4.31. The third-order valence-corrected chi connectivity index (χ3v) is 2.95. The van der Waals surface area contributed by atoms with Crippen LogP contribution in [0.2, 0.25) is 0 Å². The lowest BCUT2D eigenvalue weighted by Crippen LogP contribution is -2.39. The number of rotatable bonds is 2. The summed E-state index contributed by atoms with van der Waals surface area (Å²) < 4.78 is 10.8. The molecule has 6 heteroatoms. The van der Waals surface area contributed by atoms with Gasteiger partial charge in [0.1, 0.15) is 36.5 Å². The monoisotopic (exact) mass is 194 g/mol. The van der Waals surface area contributed by atoms with E-state index in [2.05, 4.69) is 9.98 Å². The van der Waals surface area contributed by atoms with Gasteiger partial charge in [-0.2, -0.15) is 9.98 Å². The average molecular weight is 194 g/mol. The fourth-order valence-electron chi connectivity index (χ4n) is 2.36. The Labute approximate surface area is 78.6 Å². The topological polar surface area (TPSA) is 80.6 Å². The van der Waals surface area contributed by atoms with Crippen LogP contribution in [-0.2, 0) is 19.1 Å². The maximum atomic E-state index is 10.2. The third-order valence-electron chi connectivity index (χ3n) is 2.95. The van der Waals surface area contributed by atoms with Crippen LogP contribution < -0.4 is 0 Å². The highest BCUT2D eigenvalue weighted by atomic mass is 16.7. The van der Waals surface area contributed by atoms with Crippen LogP contribution in [0.3, 0.4) is 0 Å². The summed E-state index contributed by atoms with van der Waals surface area (Å²) in [7, 11) is 0. The zero-order valence-corrected chi connectivity index (χ0v) is 6.99. The van der Waals surface area contributed by atoms with Gasteiger partial charge in [-0.05, 0) is 0 Å². The Hall–Kier alpha value is -1.32. The molecule has 0 aliphatic carbocycles. The van der Waals surface area contributed by atoms with E-state index in [-0.39, 0.29) is 24.4 Å². The Morgan fingerprint density at radius 2 is 1.21 bits per heavy atom.